The van der Waals surface area contributed by atoms with Gasteiger partial charge in [-0.2, -0.15) is 0 Å². The molecule has 1 aliphatic heterocycles. The smallest absolute Gasteiger partial charge is 0.0485 e. The van der Waals surface area contributed by atoms with Gasteiger partial charge in [-0.15, -0.1) is 0 Å². The number of aromatic amines is 1. The molecule has 0 bridgehead atoms. The van der Waals surface area contributed by atoms with Crippen LogP contribution in [0.1, 0.15) is 0 Å². The zero-order chi connectivity index (χ0) is 17.5. The highest BCUT2D eigenvalue weighted by atomic mass is 15.2. The molecule has 0 radical (unpaired) electrons. The Kier molecular flexibility index (Phi) is 3.68. The van der Waals surface area contributed by atoms with Gasteiger partial charge in [0, 0.05) is 53.7 Å². The summed E-state index contributed by atoms with van der Waals surface area (Å²) in [6, 6.07) is 24.2. The van der Waals surface area contributed by atoms with Crippen molar-refractivity contribution in [2.24, 2.45) is 0 Å². The lowest BCUT2D eigenvalue weighted by Gasteiger charge is -2.34. The summed E-state index contributed by atoms with van der Waals surface area (Å²) >= 11 is 0. The maximum absolute atomic E-state index is 3.61. The maximum atomic E-state index is 3.61. The zero-order valence-electron chi connectivity index (χ0n) is 15.1. The van der Waals surface area contributed by atoms with E-state index in [9.17, 15) is 0 Å². The Morgan fingerprint density at radius 1 is 0.692 bits per heavy atom. The summed E-state index contributed by atoms with van der Waals surface area (Å²) in [5, 5.41) is 2.60. The van der Waals surface area contributed by atoms with E-state index >= 15 is 0 Å². The van der Waals surface area contributed by atoms with Crippen LogP contribution in [0.2, 0.25) is 0 Å². The Morgan fingerprint density at radius 2 is 1.50 bits per heavy atom. The first kappa shape index (κ1) is 15.5. The fourth-order valence-electron chi connectivity index (χ4n) is 3.96. The van der Waals surface area contributed by atoms with Crippen molar-refractivity contribution in [3.63, 3.8) is 0 Å². The first-order chi connectivity index (χ1) is 12.8. The number of hydrogen-bond acceptors (Lipinski definition) is 2. The van der Waals surface area contributed by atoms with Crippen molar-refractivity contribution in [2.75, 3.05) is 38.1 Å². The summed E-state index contributed by atoms with van der Waals surface area (Å²) in [6.45, 7) is 4.46. The van der Waals surface area contributed by atoms with Gasteiger partial charge in [0.25, 0.3) is 0 Å². The average Bonchev–Trinajstić information content (AvgIpc) is 3.06. The van der Waals surface area contributed by atoms with Crippen molar-refractivity contribution in [3.05, 3.63) is 66.7 Å². The summed E-state index contributed by atoms with van der Waals surface area (Å²) in [5.74, 6) is 0. The van der Waals surface area contributed by atoms with Gasteiger partial charge in [0.15, 0.2) is 0 Å². The van der Waals surface area contributed by atoms with E-state index in [4.69, 9.17) is 0 Å². The second kappa shape index (κ2) is 6.19. The topological polar surface area (TPSA) is 22.3 Å². The van der Waals surface area contributed by atoms with Crippen LogP contribution < -0.4 is 4.90 Å². The molecule has 0 amide bonds. The fourth-order valence-corrected chi connectivity index (χ4v) is 3.96. The van der Waals surface area contributed by atoms with Crippen LogP contribution in [-0.4, -0.2) is 43.1 Å². The van der Waals surface area contributed by atoms with Gasteiger partial charge in [0.1, 0.15) is 0 Å². The van der Waals surface area contributed by atoms with Crippen molar-refractivity contribution in [3.8, 4) is 11.1 Å². The summed E-state index contributed by atoms with van der Waals surface area (Å²) < 4.78 is 0. The number of benzene rings is 3. The number of likely N-dealkylation sites (N-methyl/N-ethyl adjacent to an activating group) is 1. The normalized spacial score (nSPS) is 15.8. The SMILES string of the molecule is CN1CCN(c2ccc3c(c2)[nH]c2ccc(-c4ccccc4)cc23)CC1. The van der Waals surface area contributed by atoms with Gasteiger partial charge in [-0.25, -0.2) is 0 Å². The molecule has 0 unspecified atom stereocenters. The Labute approximate surface area is 153 Å². The van der Waals surface area contributed by atoms with Crippen LogP contribution in [0.25, 0.3) is 32.9 Å². The maximum Gasteiger partial charge on any atom is 0.0485 e. The van der Waals surface area contributed by atoms with Gasteiger partial charge in [-0.3, -0.25) is 0 Å². The summed E-state index contributed by atoms with van der Waals surface area (Å²) in [6.07, 6.45) is 0. The Hall–Kier alpha value is -2.78. The fraction of sp³-hybridized carbons (Fsp3) is 0.217. The van der Waals surface area contributed by atoms with E-state index in [0.717, 1.165) is 26.2 Å². The van der Waals surface area contributed by atoms with E-state index in [1.165, 1.54) is 38.6 Å². The molecule has 3 heteroatoms. The molecule has 0 aliphatic carbocycles. The Bertz CT molecular complexity index is 1060. The molecule has 1 aliphatic rings. The second-order valence-corrected chi connectivity index (χ2v) is 7.27. The highest BCUT2D eigenvalue weighted by Crippen LogP contribution is 2.32. The van der Waals surface area contributed by atoms with E-state index in [1.807, 2.05) is 0 Å². The molecular weight excluding hydrogens is 318 g/mol. The molecule has 4 aromatic rings. The van der Waals surface area contributed by atoms with Crippen LogP contribution in [-0.2, 0) is 0 Å². The van der Waals surface area contributed by atoms with Crippen molar-refractivity contribution >= 4 is 27.5 Å². The molecule has 1 fully saturated rings. The lowest BCUT2D eigenvalue weighted by Crippen LogP contribution is -2.44. The van der Waals surface area contributed by atoms with Crippen molar-refractivity contribution in [1.29, 1.82) is 0 Å². The van der Waals surface area contributed by atoms with Crippen LogP contribution in [0.5, 0.6) is 0 Å². The lowest BCUT2D eigenvalue weighted by atomic mass is 10.0. The largest absolute Gasteiger partial charge is 0.369 e. The highest BCUT2D eigenvalue weighted by molar-refractivity contribution is 6.09. The minimum Gasteiger partial charge on any atom is -0.369 e. The molecule has 130 valence electrons. The summed E-state index contributed by atoms with van der Waals surface area (Å²) in [4.78, 5) is 8.49. The quantitative estimate of drug-likeness (QED) is 0.569. The molecule has 0 saturated carbocycles. The standard InChI is InChI=1S/C23H23N3/c1-25-11-13-26(14-12-25)19-8-9-20-21-15-18(17-5-3-2-4-6-17)7-10-22(21)24-23(20)16-19/h2-10,15-16,24H,11-14H2,1H3. The van der Waals surface area contributed by atoms with Crippen molar-refractivity contribution < 1.29 is 0 Å². The molecule has 0 spiro atoms. The van der Waals surface area contributed by atoms with Gasteiger partial charge in [-0.1, -0.05) is 42.5 Å². The molecular formula is C23H23N3. The van der Waals surface area contributed by atoms with E-state index in [1.54, 1.807) is 0 Å². The molecule has 1 saturated heterocycles. The van der Waals surface area contributed by atoms with Crippen LogP contribution in [0.3, 0.4) is 0 Å². The number of rotatable bonds is 2. The minimum atomic E-state index is 1.10. The predicted octanol–water partition coefficient (Wildman–Crippen LogP) is 4.74. The van der Waals surface area contributed by atoms with Crippen LogP contribution >= 0.6 is 0 Å². The van der Waals surface area contributed by atoms with Crippen molar-refractivity contribution in [1.82, 2.24) is 9.88 Å². The molecule has 2 heterocycles. The van der Waals surface area contributed by atoms with Gasteiger partial charge < -0.3 is 14.8 Å². The van der Waals surface area contributed by atoms with Gasteiger partial charge >= 0.3 is 0 Å². The number of fused-ring (bicyclic) bond motifs is 3. The predicted molar refractivity (Wildman–Crippen MR) is 111 cm³/mol. The molecule has 3 nitrogen and oxygen atoms in total. The third kappa shape index (κ3) is 2.65. The monoisotopic (exact) mass is 341 g/mol. The van der Waals surface area contributed by atoms with Gasteiger partial charge in [0.05, 0.1) is 0 Å². The van der Waals surface area contributed by atoms with E-state index < -0.39 is 0 Å². The average molecular weight is 341 g/mol. The molecule has 26 heavy (non-hydrogen) atoms. The van der Waals surface area contributed by atoms with Gasteiger partial charge in [-0.05, 0) is 42.4 Å². The first-order valence-corrected chi connectivity index (χ1v) is 9.32. The van der Waals surface area contributed by atoms with E-state index in [0.29, 0.717) is 0 Å². The molecule has 0 atom stereocenters. The Morgan fingerprint density at radius 3 is 2.31 bits per heavy atom. The number of nitrogens with one attached hydrogen (secondary N) is 1. The number of piperazine rings is 1. The van der Waals surface area contributed by atoms with Crippen LogP contribution in [0, 0.1) is 0 Å². The first-order valence-electron chi connectivity index (χ1n) is 9.32. The van der Waals surface area contributed by atoms with Gasteiger partial charge in [0.2, 0.25) is 0 Å². The number of hydrogen-bond donors (Lipinski definition) is 1. The zero-order valence-corrected chi connectivity index (χ0v) is 15.1. The lowest BCUT2D eigenvalue weighted by molar-refractivity contribution is 0.313. The third-order valence-electron chi connectivity index (χ3n) is 5.56. The number of aromatic nitrogens is 1. The molecule has 1 N–H and O–H groups in total. The molecule has 1 aromatic heterocycles. The summed E-state index contributed by atoms with van der Waals surface area (Å²) in [7, 11) is 2.20. The van der Waals surface area contributed by atoms with Crippen LogP contribution in [0.4, 0.5) is 5.69 Å². The number of anilines is 1. The molecule has 5 rings (SSSR count). The third-order valence-corrected chi connectivity index (χ3v) is 5.56. The second-order valence-electron chi connectivity index (χ2n) is 7.27. The molecule has 3 aromatic carbocycles. The number of nitrogens with zero attached hydrogens (tertiary/aromatic N) is 2. The minimum absolute atomic E-state index is 1.10. The van der Waals surface area contributed by atoms with Crippen molar-refractivity contribution in [2.45, 2.75) is 0 Å². The highest BCUT2D eigenvalue weighted by Gasteiger charge is 2.15. The van der Waals surface area contributed by atoms with Crippen LogP contribution in [0.15, 0.2) is 66.7 Å². The Balaban J connectivity index is 1.57. The van der Waals surface area contributed by atoms with E-state index in [-0.39, 0.29) is 0 Å². The van der Waals surface area contributed by atoms with E-state index in [2.05, 4.69) is 88.6 Å². The summed E-state index contributed by atoms with van der Waals surface area (Å²) in [5.41, 5.74) is 6.28. The number of H-pyrrole nitrogens is 1.